The van der Waals surface area contributed by atoms with Gasteiger partial charge < -0.3 is 14.8 Å². The molecule has 1 amide bonds. The Kier molecular flexibility index (Phi) is 5.98. The van der Waals surface area contributed by atoms with Crippen molar-refractivity contribution in [3.05, 3.63) is 45.8 Å². The van der Waals surface area contributed by atoms with E-state index in [9.17, 15) is 9.59 Å². The first-order valence-electron chi connectivity index (χ1n) is 7.58. The lowest BCUT2D eigenvalue weighted by Gasteiger charge is -2.09. The minimum atomic E-state index is -0.433. The molecular weight excluding hydrogens is 326 g/mol. The average Bonchev–Trinajstić information content (AvgIpc) is 2.86. The van der Waals surface area contributed by atoms with E-state index in [2.05, 4.69) is 5.32 Å². The average molecular weight is 347 g/mol. The maximum absolute atomic E-state index is 12.3. The maximum Gasteiger partial charge on any atom is 0.341 e. The number of thiophene rings is 1. The summed E-state index contributed by atoms with van der Waals surface area (Å²) < 4.78 is 10.1. The van der Waals surface area contributed by atoms with Crippen LogP contribution in [0.1, 0.15) is 32.8 Å². The monoisotopic (exact) mass is 347 g/mol. The Morgan fingerprint density at radius 1 is 1.17 bits per heavy atom. The number of carbonyl (C=O) groups excluding carboxylic acids is 2. The minimum absolute atomic E-state index is 0.146. The number of amides is 1. The van der Waals surface area contributed by atoms with Crippen molar-refractivity contribution in [2.75, 3.05) is 19.5 Å². The van der Waals surface area contributed by atoms with Crippen LogP contribution in [-0.4, -0.2) is 26.1 Å². The van der Waals surface area contributed by atoms with Gasteiger partial charge in [0.1, 0.15) is 10.8 Å². The Hall–Kier alpha value is -2.34. The number of aryl methyl sites for hydroxylation is 2. The molecule has 0 aliphatic heterocycles. The van der Waals surface area contributed by atoms with Gasteiger partial charge in [0.05, 0.1) is 19.8 Å². The van der Waals surface area contributed by atoms with Gasteiger partial charge in [0.15, 0.2) is 0 Å². The zero-order valence-corrected chi connectivity index (χ0v) is 15.1. The number of para-hydroxylation sites is 1. The minimum Gasteiger partial charge on any atom is -0.496 e. The zero-order chi connectivity index (χ0) is 17.7. The lowest BCUT2D eigenvalue weighted by atomic mass is 10.1. The van der Waals surface area contributed by atoms with Crippen LogP contribution in [0.5, 0.6) is 5.75 Å². The first-order valence-corrected chi connectivity index (χ1v) is 8.39. The van der Waals surface area contributed by atoms with Crippen molar-refractivity contribution in [1.29, 1.82) is 0 Å². The summed E-state index contributed by atoms with van der Waals surface area (Å²) in [7, 11) is 2.95. The van der Waals surface area contributed by atoms with Crippen LogP contribution in [0.25, 0.3) is 0 Å². The summed E-state index contributed by atoms with van der Waals surface area (Å²) >= 11 is 1.38. The van der Waals surface area contributed by atoms with Gasteiger partial charge in [-0.1, -0.05) is 18.2 Å². The van der Waals surface area contributed by atoms with Crippen LogP contribution < -0.4 is 10.1 Å². The zero-order valence-electron chi connectivity index (χ0n) is 14.3. The highest BCUT2D eigenvalue weighted by Crippen LogP contribution is 2.33. The lowest BCUT2D eigenvalue weighted by molar-refractivity contribution is -0.116. The molecule has 128 valence electrons. The summed E-state index contributed by atoms with van der Waals surface area (Å²) in [5, 5.41) is 3.38. The van der Waals surface area contributed by atoms with Crippen molar-refractivity contribution in [1.82, 2.24) is 0 Å². The lowest BCUT2D eigenvalue weighted by Crippen LogP contribution is -2.14. The molecule has 0 aliphatic rings. The second-order valence-electron chi connectivity index (χ2n) is 5.34. The molecule has 0 bridgehead atoms. The van der Waals surface area contributed by atoms with E-state index in [0.717, 1.165) is 21.8 Å². The highest BCUT2D eigenvalue weighted by Gasteiger charge is 2.21. The Morgan fingerprint density at radius 3 is 2.54 bits per heavy atom. The van der Waals surface area contributed by atoms with Crippen LogP contribution >= 0.6 is 11.3 Å². The van der Waals surface area contributed by atoms with Crippen LogP contribution in [0.4, 0.5) is 5.00 Å². The van der Waals surface area contributed by atoms with E-state index in [-0.39, 0.29) is 5.91 Å². The molecule has 5 nitrogen and oxygen atoms in total. The van der Waals surface area contributed by atoms with Crippen LogP contribution in [0.3, 0.4) is 0 Å². The number of esters is 1. The third-order valence-electron chi connectivity index (χ3n) is 3.84. The second-order valence-corrected chi connectivity index (χ2v) is 6.56. The number of rotatable bonds is 6. The quantitative estimate of drug-likeness (QED) is 0.809. The van der Waals surface area contributed by atoms with Crippen LogP contribution in [0.2, 0.25) is 0 Å². The number of benzene rings is 1. The van der Waals surface area contributed by atoms with Crippen LogP contribution in [-0.2, 0) is 16.0 Å². The van der Waals surface area contributed by atoms with Gasteiger partial charge in [-0.3, -0.25) is 4.79 Å². The fourth-order valence-electron chi connectivity index (χ4n) is 2.41. The molecule has 1 aromatic heterocycles. The van der Waals surface area contributed by atoms with Crippen LogP contribution in [0, 0.1) is 13.8 Å². The molecule has 1 N–H and O–H groups in total. The van der Waals surface area contributed by atoms with Crippen molar-refractivity contribution in [2.24, 2.45) is 0 Å². The van der Waals surface area contributed by atoms with Crippen molar-refractivity contribution in [2.45, 2.75) is 26.7 Å². The number of anilines is 1. The Labute approximate surface area is 145 Å². The molecule has 0 radical (unpaired) electrons. The highest BCUT2D eigenvalue weighted by atomic mass is 32.1. The third kappa shape index (κ3) is 3.94. The Balaban J connectivity index is 2.08. The molecule has 2 rings (SSSR count). The van der Waals surface area contributed by atoms with E-state index in [1.54, 1.807) is 7.11 Å². The number of carbonyl (C=O) groups is 2. The topological polar surface area (TPSA) is 64.6 Å². The molecule has 6 heteroatoms. The van der Waals surface area contributed by atoms with E-state index in [0.29, 0.717) is 23.4 Å². The Morgan fingerprint density at radius 2 is 1.88 bits per heavy atom. The molecule has 2 aromatic rings. The standard InChI is InChI=1S/C18H21NO4S/c1-11-12(2)24-17(16(11)18(21)23-4)19-15(20)10-9-13-7-5-6-8-14(13)22-3/h5-8H,9-10H2,1-4H3,(H,19,20). The fourth-order valence-corrected chi connectivity index (χ4v) is 3.47. The van der Waals surface area contributed by atoms with Crippen molar-refractivity contribution < 1.29 is 19.1 Å². The molecular formula is C18H21NO4S. The fraction of sp³-hybridized carbons (Fsp3) is 0.333. The summed E-state index contributed by atoms with van der Waals surface area (Å²) in [6.45, 7) is 3.76. The number of nitrogens with one attached hydrogen (secondary N) is 1. The number of hydrogen-bond acceptors (Lipinski definition) is 5. The summed E-state index contributed by atoms with van der Waals surface area (Å²) in [5.41, 5.74) is 2.25. The van der Waals surface area contributed by atoms with E-state index in [1.807, 2.05) is 38.1 Å². The second kappa shape index (κ2) is 7.97. The molecule has 0 aliphatic carbocycles. The molecule has 0 unspecified atom stereocenters. The largest absolute Gasteiger partial charge is 0.496 e. The number of ether oxygens (including phenoxy) is 2. The Bertz CT molecular complexity index is 751. The van der Waals surface area contributed by atoms with Crippen molar-refractivity contribution in [3.63, 3.8) is 0 Å². The number of methoxy groups -OCH3 is 2. The molecule has 0 spiro atoms. The summed E-state index contributed by atoms with van der Waals surface area (Å²) in [6, 6.07) is 7.61. The van der Waals surface area contributed by atoms with Gasteiger partial charge in [0.2, 0.25) is 5.91 Å². The molecule has 1 aromatic carbocycles. The van der Waals surface area contributed by atoms with Gasteiger partial charge in [0.25, 0.3) is 0 Å². The van der Waals surface area contributed by atoms with Gasteiger partial charge in [-0.25, -0.2) is 4.79 Å². The van der Waals surface area contributed by atoms with Crippen molar-refractivity contribution >= 4 is 28.2 Å². The van der Waals surface area contributed by atoms with Crippen LogP contribution in [0.15, 0.2) is 24.3 Å². The van der Waals surface area contributed by atoms with E-state index < -0.39 is 5.97 Å². The molecule has 24 heavy (non-hydrogen) atoms. The predicted molar refractivity (Wildman–Crippen MR) is 95.1 cm³/mol. The molecule has 0 saturated heterocycles. The molecule has 1 heterocycles. The van der Waals surface area contributed by atoms with Gasteiger partial charge in [-0.2, -0.15) is 0 Å². The smallest absolute Gasteiger partial charge is 0.341 e. The molecule has 0 atom stereocenters. The SMILES string of the molecule is COC(=O)c1c(NC(=O)CCc2ccccc2OC)sc(C)c1C. The highest BCUT2D eigenvalue weighted by molar-refractivity contribution is 7.16. The summed E-state index contributed by atoms with van der Waals surface area (Å²) in [5.74, 6) is 0.188. The normalized spacial score (nSPS) is 10.3. The summed E-state index contributed by atoms with van der Waals surface area (Å²) in [6.07, 6.45) is 0.865. The van der Waals surface area contributed by atoms with E-state index in [4.69, 9.17) is 9.47 Å². The van der Waals surface area contributed by atoms with Gasteiger partial charge >= 0.3 is 5.97 Å². The predicted octanol–water partition coefficient (Wildman–Crippen LogP) is 3.73. The van der Waals surface area contributed by atoms with Crippen molar-refractivity contribution in [3.8, 4) is 5.75 Å². The van der Waals surface area contributed by atoms with Gasteiger partial charge in [-0.15, -0.1) is 11.3 Å². The van der Waals surface area contributed by atoms with Gasteiger partial charge in [-0.05, 0) is 37.5 Å². The third-order valence-corrected chi connectivity index (χ3v) is 4.96. The van der Waals surface area contributed by atoms with E-state index in [1.165, 1.54) is 18.4 Å². The first kappa shape index (κ1) is 18.0. The molecule has 0 saturated carbocycles. The number of hydrogen-bond donors (Lipinski definition) is 1. The molecule has 0 fully saturated rings. The first-order chi connectivity index (χ1) is 11.5. The maximum atomic E-state index is 12.3. The summed E-state index contributed by atoms with van der Waals surface area (Å²) in [4.78, 5) is 25.2. The van der Waals surface area contributed by atoms with E-state index >= 15 is 0 Å². The van der Waals surface area contributed by atoms with Gasteiger partial charge in [0, 0.05) is 11.3 Å².